The minimum atomic E-state index is 0.161. The smallest absolute Gasteiger partial charge is 0.173 e. The van der Waals surface area contributed by atoms with E-state index in [-0.39, 0.29) is 11.2 Å². The van der Waals surface area contributed by atoms with E-state index >= 15 is 0 Å². The fraction of sp³-hybridized carbons (Fsp3) is 0.462. The molecular formula is C13H15BrOS. The van der Waals surface area contributed by atoms with E-state index in [9.17, 15) is 4.79 Å². The van der Waals surface area contributed by atoms with Crippen molar-refractivity contribution in [2.75, 3.05) is 11.1 Å². The maximum Gasteiger partial charge on any atom is 0.173 e. The van der Waals surface area contributed by atoms with Gasteiger partial charge in [0.1, 0.15) is 0 Å². The van der Waals surface area contributed by atoms with Gasteiger partial charge in [-0.3, -0.25) is 4.79 Å². The van der Waals surface area contributed by atoms with E-state index in [1.165, 1.54) is 22.6 Å². The topological polar surface area (TPSA) is 17.1 Å². The van der Waals surface area contributed by atoms with Gasteiger partial charge in [-0.25, -0.2) is 0 Å². The Morgan fingerprint density at radius 1 is 1.50 bits per heavy atom. The first kappa shape index (κ1) is 12.2. The fourth-order valence-electron chi connectivity index (χ4n) is 1.99. The van der Waals surface area contributed by atoms with Crippen LogP contribution in [0.4, 0.5) is 0 Å². The van der Waals surface area contributed by atoms with Gasteiger partial charge in [0.25, 0.3) is 0 Å². The number of Topliss-reactive ketones (excluding diaryl/α,β-unsaturated/α-hetero) is 1. The zero-order valence-corrected chi connectivity index (χ0v) is 12.0. The molecule has 0 amide bonds. The zero-order valence-electron chi connectivity index (χ0n) is 9.55. The molecule has 86 valence electrons. The molecule has 0 saturated heterocycles. The SMILES string of the molecule is CC1(C)CCSc2ccc(C(=O)CBr)cc21. The molecule has 3 heteroatoms. The number of rotatable bonds is 2. The Balaban J connectivity index is 2.47. The van der Waals surface area contributed by atoms with Crippen molar-refractivity contribution in [1.29, 1.82) is 0 Å². The molecule has 1 aliphatic rings. The number of benzene rings is 1. The number of carbonyl (C=O) groups is 1. The molecule has 16 heavy (non-hydrogen) atoms. The van der Waals surface area contributed by atoms with E-state index in [1.807, 2.05) is 17.8 Å². The van der Waals surface area contributed by atoms with Gasteiger partial charge < -0.3 is 0 Å². The number of fused-ring (bicyclic) bond motifs is 1. The first-order chi connectivity index (χ1) is 7.54. The van der Waals surface area contributed by atoms with E-state index < -0.39 is 0 Å². The van der Waals surface area contributed by atoms with Crippen LogP contribution >= 0.6 is 27.7 Å². The third-order valence-corrected chi connectivity index (χ3v) is 4.72. The Bertz CT molecular complexity index is 426. The normalized spacial score (nSPS) is 17.9. The average Bonchev–Trinajstić information content (AvgIpc) is 2.27. The van der Waals surface area contributed by atoms with Crippen LogP contribution in [0.5, 0.6) is 0 Å². The van der Waals surface area contributed by atoms with Gasteiger partial charge in [0.15, 0.2) is 5.78 Å². The second kappa shape index (κ2) is 4.53. The molecule has 1 aliphatic heterocycles. The second-order valence-electron chi connectivity index (χ2n) is 4.75. The second-order valence-corrected chi connectivity index (χ2v) is 6.45. The van der Waals surface area contributed by atoms with E-state index in [0.29, 0.717) is 5.33 Å². The Labute approximate surface area is 109 Å². The third kappa shape index (κ3) is 2.21. The lowest BCUT2D eigenvalue weighted by Crippen LogP contribution is -2.23. The maximum atomic E-state index is 11.7. The number of hydrogen-bond acceptors (Lipinski definition) is 2. The minimum Gasteiger partial charge on any atom is -0.293 e. The van der Waals surface area contributed by atoms with E-state index in [1.54, 1.807) is 0 Å². The van der Waals surface area contributed by atoms with Crippen molar-refractivity contribution in [2.24, 2.45) is 0 Å². The van der Waals surface area contributed by atoms with Crippen LogP contribution in [-0.4, -0.2) is 16.9 Å². The molecule has 1 nitrogen and oxygen atoms in total. The molecule has 2 rings (SSSR count). The van der Waals surface area contributed by atoms with Crippen LogP contribution in [0.2, 0.25) is 0 Å². The number of ketones is 1. The van der Waals surface area contributed by atoms with Crippen LogP contribution in [0, 0.1) is 0 Å². The van der Waals surface area contributed by atoms with Crippen LogP contribution in [0.3, 0.4) is 0 Å². The highest BCUT2D eigenvalue weighted by Crippen LogP contribution is 2.41. The van der Waals surface area contributed by atoms with Crippen molar-refractivity contribution in [3.8, 4) is 0 Å². The largest absolute Gasteiger partial charge is 0.293 e. The monoisotopic (exact) mass is 298 g/mol. The van der Waals surface area contributed by atoms with Crippen LogP contribution < -0.4 is 0 Å². The molecule has 1 aromatic carbocycles. The summed E-state index contributed by atoms with van der Waals surface area (Å²) in [5.74, 6) is 1.33. The summed E-state index contributed by atoms with van der Waals surface area (Å²) in [5.41, 5.74) is 2.35. The lowest BCUT2D eigenvalue weighted by atomic mass is 9.81. The summed E-state index contributed by atoms with van der Waals surface area (Å²) in [5, 5.41) is 0.402. The van der Waals surface area contributed by atoms with Crippen LogP contribution in [-0.2, 0) is 5.41 Å². The molecular weight excluding hydrogens is 284 g/mol. The van der Waals surface area contributed by atoms with Gasteiger partial charge in [-0.15, -0.1) is 11.8 Å². The zero-order chi connectivity index (χ0) is 11.8. The Kier molecular flexibility index (Phi) is 3.45. The van der Waals surface area contributed by atoms with Crippen LogP contribution in [0.15, 0.2) is 23.1 Å². The van der Waals surface area contributed by atoms with Crippen LogP contribution in [0.1, 0.15) is 36.2 Å². The molecule has 0 atom stereocenters. The Hall–Kier alpha value is -0.280. The molecule has 1 aromatic rings. The third-order valence-electron chi connectivity index (χ3n) is 3.14. The summed E-state index contributed by atoms with van der Waals surface area (Å²) in [7, 11) is 0. The first-order valence-electron chi connectivity index (χ1n) is 5.41. The summed E-state index contributed by atoms with van der Waals surface area (Å²) >= 11 is 5.12. The van der Waals surface area contributed by atoms with Gasteiger partial charge in [-0.1, -0.05) is 35.8 Å². The van der Waals surface area contributed by atoms with Crippen molar-refractivity contribution in [3.05, 3.63) is 29.3 Å². The number of alkyl halides is 1. The summed E-state index contributed by atoms with van der Waals surface area (Å²) < 4.78 is 0. The van der Waals surface area contributed by atoms with Gasteiger partial charge in [-0.2, -0.15) is 0 Å². The summed E-state index contributed by atoms with van der Waals surface area (Å²) in [6.45, 7) is 4.52. The molecule has 0 radical (unpaired) electrons. The lowest BCUT2D eigenvalue weighted by Gasteiger charge is -2.32. The van der Waals surface area contributed by atoms with Gasteiger partial charge in [0.05, 0.1) is 5.33 Å². The van der Waals surface area contributed by atoms with E-state index in [4.69, 9.17) is 0 Å². The Morgan fingerprint density at radius 3 is 2.94 bits per heavy atom. The van der Waals surface area contributed by atoms with Crippen molar-refractivity contribution >= 4 is 33.5 Å². The van der Waals surface area contributed by atoms with Crippen molar-refractivity contribution < 1.29 is 4.79 Å². The number of carbonyl (C=O) groups excluding carboxylic acids is 1. The summed E-state index contributed by atoms with van der Waals surface area (Å²) in [4.78, 5) is 13.0. The van der Waals surface area contributed by atoms with E-state index in [0.717, 1.165) is 5.56 Å². The van der Waals surface area contributed by atoms with Gasteiger partial charge in [0, 0.05) is 10.5 Å². The molecule has 0 fully saturated rings. The number of halogens is 1. The van der Waals surface area contributed by atoms with Crippen LogP contribution in [0.25, 0.3) is 0 Å². The molecule has 0 aliphatic carbocycles. The molecule has 0 saturated carbocycles. The summed E-state index contributed by atoms with van der Waals surface area (Å²) in [6.07, 6.45) is 1.18. The maximum absolute atomic E-state index is 11.7. The molecule has 0 bridgehead atoms. The van der Waals surface area contributed by atoms with E-state index in [2.05, 4.69) is 41.9 Å². The van der Waals surface area contributed by atoms with Gasteiger partial charge in [-0.05, 0) is 35.3 Å². The molecule has 0 N–H and O–H groups in total. The van der Waals surface area contributed by atoms with Crippen molar-refractivity contribution in [2.45, 2.75) is 30.6 Å². The number of thioether (sulfide) groups is 1. The lowest BCUT2D eigenvalue weighted by molar-refractivity contribution is 0.102. The van der Waals surface area contributed by atoms with Gasteiger partial charge >= 0.3 is 0 Å². The average molecular weight is 299 g/mol. The molecule has 0 spiro atoms. The van der Waals surface area contributed by atoms with Gasteiger partial charge in [0.2, 0.25) is 0 Å². The molecule has 0 aromatic heterocycles. The van der Waals surface area contributed by atoms with Crippen molar-refractivity contribution in [1.82, 2.24) is 0 Å². The highest BCUT2D eigenvalue weighted by Gasteiger charge is 2.28. The predicted octanol–water partition coefficient (Wildman–Crippen LogP) is 4.04. The first-order valence-corrected chi connectivity index (χ1v) is 7.52. The Morgan fingerprint density at radius 2 is 2.25 bits per heavy atom. The van der Waals surface area contributed by atoms with Crippen molar-refractivity contribution in [3.63, 3.8) is 0 Å². The number of hydrogen-bond donors (Lipinski definition) is 0. The highest BCUT2D eigenvalue weighted by molar-refractivity contribution is 9.09. The summed E-state index contributed by atoms with van der Waals surface area (Å²) in [6, 6.07) is 6.11. The molecule has 0 unspecified atom stereocenters. The standard InChI is InChI=1S/C13H15BrOS/c1-13(2)5-6-16-12-4-3-9(7-10(12)13)11(15)8-14/h3-4,7H,5-6,8H2,1-2H3. The predicted molar refractivity (Wildman–Crippen MR) is 72.9 cm³/mol. The highest BCUT2D eigenvalue weighted by atomic mass is 79.9. The molecule has 1 heterocycles. The minimum absolute atomic E-state index is 0.161. The quantitative estimate of drug-likeness (QED) is 0.605. The fourth-order valence-corrected chi connectivity index (χ4v) is 3.80.